The van der Waals surface area contributed by atoms with Gasteiger partial charge >= 0.3 is 0 Å². The van der Waals surface area contributed by atoms with Gasteiger partial charge in [0.05, 0.1) is 23.5 Å². The van der Waals surface area contributed by atoms with E-state index in [1.807, 2.05) is 41.3 Å². The zero-order valence-corrected chi connectivity index (χ0v) is 10.6. The minimum Gasteiger partial charge on any atom is -0.326 e. The molecule has 3 aromatic rings. The Hall–Kier alpha value is -2.19. The topological polar surface area (TPSA) is 54.5 Å². The molecule has 1 aromatic carbocycles. The van der Waals surface area contributed by atoms with E-state index in [4.69, 9.17) is 5.26 Å². The molecule has 88 valence electrons. The van der Waals surface area contributed by atoms with Crippen molar-refractivity contribution in [3.05, 3.63) is 34.7 Å². The lowest BCUT2D eigenvalue weighted by Crippen LogP contribution is -1.92. The van der Waals surface area contributed by atoms with Crippen LogP contribution in [0.1, 0.15) is 5.01 Å². The van der Waals surface area contributed by atoms with Gasteiger partial charge in [-0.05, 0) is 12.1 Å². The molecule has 0 saturated carbocycles. The van der Waals surface area contributed by atoms with Crippen molar-refractivity contribution in [3.63, 3.8) is 0 Å². The van der Waals surface area contributed by atoms with Crippen LogP contribution >= 0.6 is 11.3 Å². The number of nitriles is 1. The zero-order valence-electron chi connectivity index (χ0n) is 9.79. The van der Waals surface area contributed by atoms with Crippen molar-refractivity contribution < 1.29 is 0 Å². The summed E-state index contributed by atoms with van der Waals surface area (Å²) < 4.78 is 2.03. The predicted octanol–water partition coefficient (Wildman–Crippen LogP) is 2.76. The first-order valence-electron chi connectivity index (χ1n) is 5.53. The molecule has 5 heteroatoms. The fraction of sp³-hybridized carbons (Fsp3) is 0.154. The summed E-state index contributed by atoms with van der Waals surface area (Å²) in [4.78, 5) is 9.02. The molecule has 0 aliphatic heterocycles. The molecule has 0 unspecified atom stereocenters. The largest absolute Gasteiger partial charge is 0.326 e. The molecule has 3 rings (SSSR count). The second-order valence-electron chi connectivity index (χ2n) is 3.94. The molecular formula is C13H10N4S. The fourth-order valence-electron chi connectivity index (χ4n) is 1.94. The van der Waals surface area contributed by atoms with Crippen molar-refractivity contribution in [2.24, 2.45) is 7.05 Å². The molecule has 0 atom stereocenters. The van der Waals surface area contributed by atoms with Crippen molar-refractivity contribution in [1.82, 2.24) is 14.5 Å². The molecule has 0 radical (unpaired) electrons. The van der Waals surface area contributed by atoms with Gasteiger partial charge in [0.2, 0.25) is 0 Å². The van der Waals surface area contributed by atoms with Gasteiger partial charge in [-0.3, -0.25) is 0 Å². The molecule has 0 bridgehead atoms. The molecule has 0 aliphatic rings. The van der Waals surface area contributed by atoms with Crippen LogP contribution in [0.3, 0.4) is 0 Å². The van der Waals surface area contributed by atoms with Gasteiger partial charge in [0.25, 0.3) is 0 Å². The monoisotopic (exact) mass is 254 g/mol. The maximum atomic E-state index is 8.66. The Morgan fingerprint density at radius 2 is 2.17 bits per heavy atom. The molecule has 2 heterocycles. The van der Waals surface area contributed by atoms with Gasteiger partial charge in [-0.1, -0.05) is 12.1 Å². The average Bonchev–Trinajstić information content (AvgIpc) is 2.96. The number of benzene rings is 1. The van der Waals surface area contributed by atoms with Crippen molar-refractivity contribution in [2.75, 3.05) is 0 Å². The second kappa shape index (κ2) is 4.24. The van der Waals surface area contributed by atoms with E-state index < -0.39 is 0 Å². The van der Waals surface area contributed by atoms with Crippen LogP contribution in [-0.2, 0) is 13.5 Å². The van der Waals surface area contributed by atoms with Crippen molar-refractivity contribution in [1.29, 1.82) is 5.26 Å². The summed E-state index contributed by atoms with van der Waals surface area (Å²) in [7, 11) is 1.98. The van der Waals surface area contributed by atoms with Crippen LogP contribution < -0.4 is 0 Å². The Labute approximate surface area is 108 Å². The van der Waals surface area contributed by atoms with E-state index in [2.05, 4.69) is 16.0 Å². The molecule has 0 spiro atoms. The summed E-state index contributed by atoms with van der Waals surface area (Å²) in [6.07, 6.45) is 0.356. The van der Waals surface area contributed by atoms with Gasteiger partial charge in [-0.15, -0.1) is 11.3 Å². The lowest BCUT2D eigenvalue weighted by atomic mass is 10.3. The van der Waals surface area contributed by atoms with E-state index in [1.165, 1.54) is 11.3 Å². The summed E-state index contributed by atoms with van der Waals surface area (Å²) in [5, 5.41) is 11.4. The minimum absolute atomic E-state index is 0.356. The molecule has 0 amide bonds. The van der Waals surface area contributed by atoms with Crippen LogP contribution in [0.2, 0.25) is 0 Å². The lowest BCUT2D eigenvalue weighted by Gasteiger charge is -1.97. The molecule has 18 heavy (non-hydrogen) atoms. The van der Waals surface area contributed by atoms with Crippen LogP contribution in [0.15, 0.2) is 29.6 Å². The first kappa shape index (κ1) is 10.9. The van der Waals surface area contributed by atoms with E-state index in [-0.39, 0.29) is 0 Å². The number of thiazole rings is 1. The van der Waals surface area contributed by atoms with E-state index in [9.17, 15) is 0 Å². The smallest absolute Gasteiger partial charge is 0.160 e. The van der Waals surface area contributed by atoms with E-state index >= 15 is 0 Å². The third-order valence-electron chi connectivity index (χ3n) is 2.80. The summed E-state index contributed by atoms with van der Waals surface area (Å²) in [6.45, 7) is 0. The summed E-state index contributed by atoms with van der Waals surface area (Å²) in [6, 6.07) is 10.1. The quantitative estimate of drug-likeness (QED) is 0.706. The molecule has 0 N–H and O–H groups in total. The number of hydrogen-bond acceptors (Lipinski definition) is 4. The van der Waals surface area contributed by atoms with Gasteiger partial charge in [0, 0.05) is 12.4 Å². The molecular weight excluding hydrogens is 244 g/mol. The van der Waals surface area contributed by atoms with Crippen molar-refractivity contribution >= 4 is 22.4 Å². The summed E-state index contributed by atoms with van der Waals surface area (Å²) >= 11 is 1.50. The standard InChI is InChI=1S/C13H10N4S/c1-17-11-5-3-2-4-9(11)16-13(17)10-8-18-12(15-10)6-7-14/h2-5,8H,6H2,1H3. The number of fused-ring (bicyclic) bond motifs is 1. The lowest BCUT2D eigenvalue weighted by molar-refractivity contribution is 0.950. The third-order valence-corrected chi connectivity index (χ3v) is 3.65. The van der Waals surface area contributed by atoms with Gasteiger partial charge in [0.1, 0.15) is 10.7 Å². The first-order valence-corrected chi connectivity index (χ1v) is 6.41. The second-order valence-corrected chi connectivity index (χ2v) is 4.89. The normalized spacial score (nSPS) is 10.7. The maximum absolute atomic E-state index is 8.66. The number of aromatic nitrogens is 3. The van der Waals surface area contributed by atoms with Crippen LogP contribution in [-0.4, -0.2) is 14.5 Å². The third kappa shape index (κ3) is 1.67. The number of imidazole rings is 1. The minimum atomic E-state index is 0.356. The summed E-state index contributed by atoms with van der Waals surface area (Å²) in [5.74, 6) is 0.844. The molecule has 4 nitrogen and oxygen atoms in total. The number of rotatable bonds is 2. The van der Waals surface area contributed by atoms with Crippen LogP contribution in [0.25, 0.3) is 22.6 Å². The number of nitrogens with zero attached hydrogens (tertiary/aromatic N) is 4. The average molecular weight is 254 g/mol. The number of aryl methyl sites for hydroxylation is 1. The van der Waals surface area contributed by atoms with Crippen LogP contribution in [0.5, 0.6) is 0 Å². The van der Waals surface area contributed by atoms with E-state index in [1.54, 1.807) is 0 Å². The Morgan fingerprint density at radius 1 is 1.33 bits per heavy atom. The highest BCUT2D eigenvalue weighted by Crippen LogP contribution is 2.24. The highest BCUT2D eigenvalue weighted by atomic mass is 32.1. The number of para-hydroxylation sites is 2. The predicted molar refractivity (Wildman–Crippen MR) is 71.1 cm³/mol. The zero-order chi connectivity index (χ0) is 12.5. The van der Waals surface area contributed by atoms with Gasteiger partial charge in [0.15, 0.2) is 5.82 Å². The van der Waals surface area contributed by atoms with Crippen LogP contribution in [0.4, 0.5) is 0 Å². The fourth-order valence-corrected chi connectivity index (χ4v) is 2.64. The Bertz CT molecular complexity index is 748. The van der Waals surface area contributed by atoms with Gasteiger partial charge < -0.3 is 4.57 Å². The number of hydrogen-bond donors (Lipinski definition) is 0. The Balaban J connectivity index is 2.13. The SMILES string of the molecule is Cn1c(-c2csc(CC#N)n2)nc2ccccc21. The van der Waals surface area contributed by atoms with Crippen molar-refractivity contribution in [3.8, 4) is 17.6 Å². The van der Waals surface area contributed by atoms with Crippen molar-refractivity contribution in [2.45, 2.75) is 6.42 Å². The Kier molecular flexibility index (Phi) is 2.58. The molecule has 0 saturated heterocycles. The molecule has 2 aromatic heterocycles. The molecule has 0 aliphatic carbocycles. The first-order chi connectivity index (χ1) is 8.79. The highest BCUT2D eigenvalue weighted by molar-refractivity contribution is 7.10. The highest BCUT2D eigenvalue weighted by Gasteiger charge is 2.12. The van der Waals surface area contributed by atoms with E-state index in [0.717, 1.165) is 27.6 Å². The Morgan fingerprint density at radius 3 is 2.94 bits per heavy atom. The molecule has 0 fully saturated rings. The van der Waals surface area contributed by atoms with Gasteiger partial charge in [-0.25, -0.2) is 9.97 Å². The van der Waals surface area contributed by atoms with Crippen LogP contribution in [0, 0.1) is 11.3 Å². The maximum Gasteiger partial charge on any atom is 0.160 e. The van der Waals surface area contributed by atoms with E-state index in [0.29, 0.717) is 6.42 Å². The van der Waals surface area contributed by atoms with Gasteiger partial charge in [-0.2, -0.15) is 5.26 Å². The summed E-state index contributed by atoms with van der Waals surface area (Å²) in [5.41, 5.74) is 2.89.